The Morgan fingerprint density at radius 1 is 1.05 bits per heavy atom. The average molecular weight is 282 g/mol. The van der Waals surface area contributed by atoms with Crippen molar-refractivity contribution in [3.05, 3.63) is 69.8 Å². The van der Waals surface area contributed by atoms with E-state index in [2.05, 4.69) is 0 Å². The highest BCUT2D eigenvalue weighted by Crippen LogP contribution is 2.32. The summed E-state index contributed by atoms with van der Waals surface area (Å²) in [4.78, 5) is 25.1. The van der Waals surface area contributed by atoms with Crippen LogP contribution in [0.1, 0.15) is 22.3 Å². The molecule has 0 spiro atoms. The second kappa shape index (κ2) is 5.36. The summed E-state index contributed by atoms with van der Waals surface area (Å²) in [7, 11) is 0. The van der Waals surface area contributed by atoms with Gasteiger partial charge in [-0.1, -0.05) is 30.3 Å². The molecule has 1 aliphatic rings. The lowest BCUT2D eigenvalue weighted by atomic mass is 10.0. The Hall–Kier alpha value is -2.69. The van der Waals surface area contributed by atoms with Crippen molar-refractivity contribution in [2.24, 2.45) is 0 Å². The topological polar surface area (TPSA) is 63.5 Å². The summed E-state index contributed by atoms with van der Waals surface area (Å²) in [6.45, 7) is 1.65. The number of hydrogen-bond acceptors (Lipinski definition) is 4. The van der Waals surface area contributed by atoms with Crippen LogP contribution in [0.4, 0.5) is 11.4 Å². The van der Waals surface area contributed by atoms with Crippen molar-refractivity contribution >= 4 is 17.2 Å². The first-order chi connectivity index (χ1) is 10.2. The van der Waals surface area contributed by atoms with E-state index >= 15 is 0 Å². The van der Waals surface area contributed by atoms with Gasteiger partial charge < -0.3 is 4.90 Å². The predicted octanol–water partition coefficient (Wildman–Crippen LogP) is 3.04. The summed E-state index contributed by atoms with van der Waals surface area (Å²) in [6.07, 6.45) is 1.04. The number of rotatable bonds is 4. The van der Waals surface area contributed by atoms with Gasteiger partial charge >= 0.3 is 0 Å². The Bertz CT molecular complexity index is 694. The van der Waals surface area contributed by atoms with Gasteiger partial charge in [-0.15, -0.1) is 0 Å². The Morgan fingerprint density at radius 2 is 1.76 bits per heavy atom. The van der Waals surface area contributed by atoms with Gasteiger partial charge in [0.1, 0.15) is 5.69 Å². The molecular weight excluding hydrogens is 268 g/mol. The standard InChI is InChI=1S/C16H14N2O3/c19-16(12-5-2-1-3-6-12)13-7-8-14(17-9-4-10-17)15(11-13)18(20)21/h1-3,5-8,11H,4,9-10H2. The minimum atomic E-state index is -0.421. The molecule has 21 heavy (non-hydrogen) atoms. The van der Waals surface area contributed by atoms with Gasteiger partial charge in [0, 0.05) is 30.3 Å². The molecule has 1 aliphatic heterocycles. The maximum Gasteiger partial charge on any atom is 0.293 e. The first-order valence-electron chi connectivity index (χ1n) is 6.80. The van der Waals surface area contributed by atoms with Gasteiger partial charge in [0.25, 0.3) is 5.69 Å². The van der Waals surface area contributed by atoms with Crippen LogP contribution in [-0.2, 0) is 0 Å². The summed E-state index contributed by atoms with van der Waals surface area (Å²) in [5, 5.41) is 11.2. The number of carbonyl (C=O) groups excluding carboxylic acids is 1. The number of ketones is 1. The van der Waals surface area contributed by atoms with Crippen LogP contribution in [0.5, 0.6) is 0 Å². The highest BCUT2D eigenvalue weighted by Gasteiger charge is 2.25. The van der Waals surface area contributed by atoms with Crippen LogP contribution >= 0.6 is 0 Å². The van der Waals surface area contributed by atoms with E-state index in [1.807, 2.05) is 11.0 Å². The molecule has 0 amide bonds. The molecule has 0 aliphatic carbocycles. The molecule has 0 N–H and O–H groups in total. The lowest BCUT2D eigenvalue weighted by molar-refractivity contribution is -0.384. The number of nitrogens with zero attached hydrogens (tertiary/aromatic N) is 2. The Morgan fingerprint density at radius 3 is 2.33 bits per heavy atom. The molecule has 3 rings (SSSR count). The molecule has 1 saturated heterocycles. The highest BCUT2D eigenvalue weighted by atomic mass is 16.6. The van der Waals surface area contributed by atoms with Gasteiger partial charge in [0.05, 0.1) is 4.92 Å². The molecule has 0 unspecified atom stereocenters. The van der Waals surface area contributed by atoms with Gasteiger partial charge in [-0.2, -0.15) is 0 Å². The normalized spacial score (nSPS) is 13.6. The molecule has 2 aromatic carbocycles. The SMILES string of the molecule is O=C(c1ccccc1)c1ccc(N2CCC2)c([N+](=O)[O-])c1. The Labute approximate surface area is 122 Å². The number of carbonyl (C=O) groups is 1. The number of nitro benzene ring substituents is 1. The molecule has 2 aromatic rings. The predicted molar refractivity (Wildman–Crippen MR) is 79.8 cm³/mol. The summed E-state index contributed by atoms with van der Waals surface area (Å²) >= 11 is 0. The monoisotopic (exact) mass is 282 g/mol. The van der Waals surface area contributed by atoms with Crippen LogP contribution in [-0.4, -0.2) is 23.8 Å². The lowest BCUT2D eigenvalue weighted by Crippen LogP contribution is -2.37. The molecule has 5 heteroatoms. The quantitative estimate of drug-likeness (QED) is 0.491. The van der Waals surface area contributed by atoms with Crippen molar-refractivity contribution in [1.29, 1.82) is 0 Å². The molecule has 106 valence electrons. The molecule has 0 atom stereocenters. The van der Waals surface area contributed by atoms with Crippen molar-refractivity contribution in [3.63, 3.8) is 0 Å². The van der Waals surface area contributed by atoms with Crippen LogP contribution in [0.15, 0.2) is 48.5 Å². The zero-order valence-electron chi connectivity index (χ0n) is 11.4. The number of nitro groups is 1. The molecule has 5 nitrogen and oxygen atoms in total. The third-order valence-corrected chi connectivity index (χ3v) is 3.67. The van der Waals surface area contributed by atoms with Gasteiger partial charge in [-0.05, 0) is 18.6 Å². The third kappa shape index (κ3) is 2.50. The van der Waals surface area contributed by atoms with Gasteiger partial charge in [0.15, 0.2) is 5.78 Å². The summed E-state index contributed by atoms with van der Waals surface area (Å²) < 4.78 is 0. The average Bonchev–Trinajstić information content (AvgIpc) is 2.46. The smallest absolute Gasteiger partial charge is 0.293 e. The fourth-order valence-electron chi connectivity index (χ4n) is 2.39. The zero-order valence-corrected chi connectivity index (χ0v) is 11.4. The fraction of sp³-hybridized carbons (Fsp3) is 0.188. The largest absolute Gasteiger partial charge is 0.366 e. The van der Waals surface area contributed by atoms with Gasteiger partial charge in [-0.3, -0.25) is 14.9 Å². The first-order valence-corrected chi connectivity index (χ1v) is 6.80. The minimum absolute atomic E-state index is 0.00326. The van der Waals surface area contributed by atoms with Crippen LogP contribution in [0.2, 0.25) is 0 Å². The lowest BCUT2D eigenvalue weighted by Gasteiger charge is -2.32. The van der Waals surface area contributed by atoms with Crippen LogP contribution in [0.25, 0.3) is 0 Å². The fourth-order valence-corrected chi connectivity index (χ4v) is 2.39. The summed E-state index contributed by atoms with van der Waals surface area (Å²) in [6, 6.07) is 13.5. The number of benzene rings is 2. The van der Waals surface area contributed by atoms with Crippen molar-refractivity contribution in [3.8, 4) is 0 Å². The van der Waals surface area contributed by atoms with Crippen LogP contribution in [0.3, 0.4) is 0 Å². The van der Waals surface area contributed by atoms with Crippen molar-refractivity contribution in [1.82, 2.24) is 0 Å². The number of hydrogen-bond donors (Lipinski definition) is 0. The van der Waals surface area contributed by atoms with Crippen LogP contribution in [0, 0.1) is 10.1 Å². The Kier molecular flexibility index (Phi) is 3.39. The highest BCUT2D eigenvalue weighted by molar-refractivity contribution is 6.09. The van der Waals surface area contributed by atoms with E-state index in [4.69, 9.17) is 0 Å². The Balaban J connectivity index is 1.99. The van der Waals surface area contributed by atoms with E-state index in [0.717, 1.165) is 19.5 Å². The molecule has 0 aromatic heterocycles. The van der Waals surface area contributed by atoms with Crippen molar-refractivity contribution in [2.75, 3.05) is 18.0 Å². The number of anilines is 1. The van der Waals surface area contributed by atoms with E-state index < -0.39 is 4.92 Å². The summed E-state index contributed by atoms with van der Waals surface area (Å²) in [5.74, 6) is -0.200. The first kappa shape index (κ1) is 13.3. The van der Waals surface area contributed by atoms with Crippen LogP contribution < -0.4 is 4.90 Å². The molecule has 1 heterocycles. The summed E-state index contributed by atoms with van der Waals surface area (Å²) in [5.41, 5.74) is 1.47. The second-order valence-corrected chi connectivity index (χ2v) is 5.00. The zero-order chi connectivity index (χ0) is 14.8. The maximum atomic E-state index is 12.3. The minimum Gasteiger partial charge on any atom is -0.366 e. The van der Waals surface area contributed by atoms with Gasteiger partial charge in [-0.25, -0.2) is 0 Å². The molecule has 0 saturated carbocycles. The molecule has 1 fully saturated rings. The van der Waals surface area contributed by atoms with Gasteiger partial charge in [0.2, 0.25) is 0 Å². The van der Waals surface area contributed by atoms with E-state index in [1.165, 1.54) is 6.07 Å². The van der Waals surface area contributed by atoms with E-state index in [9.17, 15) is 14.9 Å². The van der Waals surface area contributed by atoms with E-state index in [0.29, 0.717) is 16.8 Å². The van der Waals surface area contributed by atoms with Crippen molar-refractivity contribution < 1.29 is 9.72 Å². The van der Waals surface area contributed by atoms with E-state index in [1.54, 1.807) is 36.4 Å². The molecular formula is C16H14N2O3. The maximum absolute atomic E-state index is 12.3. The third-order valence-electron chi connectivity index (χ3n) is 3.67. The van der Waals surface area contributed by atoms with E-state index in [-0.39, 0.29) is 11.5 Å². The second-order valence-electron chi connectivity index (χ2n) is 5.00. The molecule has 0 bridgehead atoms. The van der Waals surface area contributed by atoms with Crippen molar-refractivity contribution in [2.45, 2.75) is 6.42 Å². The molecule has 0 radical (unpaired) electrons.